The van der Waals surface area contributed by atoms with Crippen LogP contribution in [0.3, 0.4) is 0 Å². The SMILES string of the molecule is CN(C)c1cccc(C(=O)N2CCOC(CN)C2)c1.Cl. The van der Waals surface area contributed by atoms with E-state index in [4.69, 9.17) is 10.5 Å². The number of hydrogen-bond acceptors (Lipinski definition) is 4. The molecule has 112 valence electrons. The minimum atomic E-state index is -0.0465. The van der Waals surface area contributed by atoms with E-state index in [-0.39, 0.29) is 24.4 Å². The van der Waals surface area contributed by atoms with Crippen LogP contribution in [0.2, 0.25) is 0 Å². The van der Waals surface area contributed by atoms with Crippen LogP contribution >= 0.6 is 12.4 Å². The molecule has 0 aromatic heterocycles. The number of ether oxygens (including phenoxy) is 1. The summed E-state index contributed by atoms with van der Waals surface area (Å²) < 4.78 is 5.48. The van der Waals surface area contributed by atoms with Crippen molar-refractivity contribution in [2.45, 2.75) is 6.10 Å². The molecule has 1 heterocycles. The topological polar surface area (TPSA) is 58.8 Å². The number of nitrogens with two attached hydrogens (primary N) is 1. The van der Waals surface area contributed by atoms with Crippen LogP contribution in [0.1, 0.15) is 10.4 Å². The van der Waals surface area contributed by atoms with Gasteiger partial charge in [-0.05, 0) is 18.2 Å². The first kappa shape index (κ1) is 16.8. The molecule has 1 aromatic rings. The lowest BCUT2D eigenvalue weighted by atomic mass is 10.1. The third kappa shape index (κ3) is 3.85. The zero-order valence-corrected chi connectivity index (χ0v) is 12.7. The Morgan fingerprint density at radius 3 is 2.90 bits per heavy atom. The van der Waals surface area contributed by atoms with Crippen molar-refractivity contribution in [1.82, 2.24) is 4.90 Å². The zero-order chi connectivity index (χ0) is 13.8. The Morgan fingerprint density at radius 2 is 2.25 bits per heavy atom. The van der Waals surface area contributed by atoms with Gasteiger partial charge in [-0.2, -0.15) is 0 Å². The molecule has 1 aliphatic heterocycles. The standard InChI is InChI=1S/C14H21N3O2.ClH/c1-16(2)12-5-3-4-11(8-12)14(18)17-6-7-19-13(9-15)10-17;/h3-5,8,13H,6-7,9-10,15H2,1-2H3;1H. The maximum absolute atomic E-state index is 12.4. The molecule has 5 nitrogen and oxygen atoms in total. The van der Waals surface area contributed by atoms with E-state index in [0.29, 0.717) is 31.8 Å². The van der Waals surface area contributed by atoms with Crippen molar-refractivity contribution in [2.75, 3.05) is 45.2 Å². The molecule has 2 rings (SSSR count). The molecule has 1 aromatic carbocycles. The summed E-state index contributed by atoms with van der Waals surface area (Å²) in [4.78, 5) is 16.2. The molecule has 1 unspecified atom stereocenters. The molecule has 1 aliphatic rings. The molecular formula is C14H22ClN3O2. The van der Waals surface area contributed by atoms with Gasteiger partial charge in [0.05, 0.1) is 12.7 Å². The van der Waals surface area contributed by atoms with E-state index < -0.39 is 0 Å². The molecule has 0 bridgehead atoms. The Balaban J connectivity index is 0.00000200. The highest BCUT2D eigenvalue weighted by Gasteiger charge is 2.24. The van der Waals surface area contributed by atoms with Crippen molar-refractivity contribution in [3.8, 4) is 0 Å². The smallest absolute Gasteiger partial charge is 0.254 e. The molecule has 1 atom stereocenters. The van der Waals surface area contributed by atoms with Crippen molar-refractivity contribution in [3.05, 3.63) is 29.8 Å². The quantitative estimate of drug-likeness (QED) is 0.904. The number of nitrogens with zero attached hydrogens (tertiary/aromatic N) is 2. The van der Waals surface area contributed by atoms with E-state index >= 15 is 0 Å². The normalized spacial score (nSPS) is 18.4. The number of carbonyl (C=O) groups excluding carboxylic acids is 1. The molecule has 1 saturated heterocycles. The highest BCUT2D eigenvalue weighted by Crippen LogP contribution is 2.16. The Morgan fingerprint density at radius 1 is 1.50 bits per heavy atom. The molecule has 0 aliphatic carbocycles. The fourth-order valence-electron chi connectivity index (χ4n) is 2.15. The number of anilines is 1. The monoisotopic (exact) mass is 299 g/mol. The van der Waals surface area contributed by atoms with Crippen LogP contribution in [-0.4, -0.2) is 57.2 Å². The van der Waals surface area contributed by atoms with Crippen molar-refractivity contribution < 1.29 is 9.53 Å². The summed E-state index contributed by atoms with van der Waals surface area (Å²) in [6.07, 6.45) is -0.0465. The maximum Gasteiger partial charge on any atom is 0.254 e. The van der Waals surface area contributed by atoms with Crippen molar-refractivity contribution >= 4 is 24.0 Å². The van der Waals surface area contributed by atoms with E-state index in [9.17, 15) is 4.79 Å². The third-order valence-corrected chi connectivity index (χ3v) is 3.30. The van der Waals surface area contributed by atoms with E-state index in [1.165, 1.54) is 0 Å². The molecule has 0 radical (unpaired) electrons. The number of morpholine rings is 1. The Kier molecular flexibility index (Phi) is 6.26. The average Bonchev–Trinajstić information content (AvgIpc) is 2.46. The predicted octanol–water partition coefficient (Wildman–Crippen LogP) is 0.974. The first-order chi connectivity index (χ1) is 9.11. The fraction of sp³-hybridized carbons (Fsp3) is 0.500. The second-order valence-corrected chi connectivity index (χ2v) is 4.92. The number of rotatable bonds is 3. The van der Waals surface area contributed by atoms with Crippen LogP contribution in [0.15, 0.2) is 24.3 Å². The summed E-state index contributed by atoms with van der Waals surface area (Å²) in [7, 11) is 3.92. The maximum atomic E-state index is 12.4. The van der Waals surface area contributed by atoms with E-state index in [1.807, 2.05) is 48.2 Å². The van der Waals surface area contributed by atoms with Crippen LogP contribution in [0.5, 0.6) is 0 Å². The number of hydrogen-bond donors (Lipinski definition) is 1. The summed E-state index contributed by atoms with van der Waals surface area (Å²) in [6, 6.07) is 7.65. The summed E-state index contributed by atoms with van der Waals surface area (Å²) in [5, 5.41) is 0. The Hall–Kier alpha value is -1.30. The molecule has 2 N–H and O–H groups in total. The van der Waals surface area contributed by atoms with Gasteiger partial charge in [-0.15, -0.1) is 12.4 Å². The number of benzene rings is 1. The molecule has 0 spiro atoms. The van der Waals surface area contributed by atoms with Gasteiger partial charge < -0.3 is 20.3 Å². The minimum absolute atomic E-state index is 0. The summed E-state index contributed by atoms with van der Waals surface area (Å²) in [6.45, 7) is 2.20. The molecule has 1 fully saturated rings. The Labute approximate surface area is 126 Å². The molecule has 6 heteroatoms. The highest BCUT2D eigenvalue weighted by molar-refractivity contribution is 5.95. The Bertz CT molecular complexity index is 454. The van der Waals surface area contributed by atoms with Gasteiger partial charge in [-0.3, -0.25) is 4.79 Å². The molecular weight excluding hydrogens is 278 g/mol. The van der Waals surface area contributed by atoms with Crippen molar-refractivity contribution in [1.29, 1.82) is 0 Å². The van der Waals surface area contributed by atoms with Gasteiger partial charge in [0.25, 0.3) is 5.91 Å². The van der Waals surface area contributed by atoms with Gasteiger partial charge in [0.2, 0.25) is 0 Å². The number of halogens is 1. The number of carbonyl (C=O) groups is 1. The lowest BCUT2D eigenvalue weighted by Gasteiger charge is -2.32. The summed E-state index contributed by atoms with van der Waals surface area (Å²) in [5.74, 6) is 0.0467. The fourth-order valence-corrected chi connectivity index (χ4v) is 2.15. The largest absolute Gasteiger partial charge is 0.378 e. The first-order valence-electron chi connectivity index (χ1n) is 6.50. The molecule has 1 amide bonds. The van der Waals surface area contributed by atoms with Gasteiger partial charge in [0.15, 0.2) is 0 Å². The van der Waals surface area contributed by atoms with Gasteiger partial charge in [0.1, 0.15) is 0 Å². The van der Waals surface area contributed by atoms with Gasteiger partial charge >= 0.3 is 0 Å². The van der Waals surface area contributed by atoms with Crippen LogP contribution < -0.4 is 10.6 Å². The predicted molar refractivity (Wildman–Crippen MR) is 82.7 cm³/mol. The van der Waals surface area contributed by atoms with Crippen molar-refractivity contribution in [2.24, 2.45) is 5.73 Å². The van der Waals surface area contributed by atoms with E-state index in [2.05, 4.69) is 0 Å². The lowest BCUT2D eigenvalue weighted by Crippen LogP contribution is -2.48. The van der Waals surface area contributed by atoms with E-state index in [0.717, 1.165) is 5.69 Å². The second-order valence-electron chi connectivity index (χ2n) is 4.92. The zero-order valence-electron chi connectivity index (χ0n) is 11.9. The third-order valence-electron chi connectivity index (χ3n) is 3.30. The van der Waals surface area contributed by atoms with Gasteiger partial charge in [-0.25, -0.2) is 0 Å². The summed E-state index contributed by atoms with van der Waals surface area (Å²) >= 11 is 0. The van der Waals surface area contributed by atoms with Gasteiger partial charge in [0, 0.05) is 45.0 Å². The van der Waals surface area contributed by atoms with Crippen LogP contribution in [0, 0.1) is 0 Å². The van der Waals surface area contributed by atoms with Crippen LogP contribution in [-0.2, 0) is 4.74 Å². The molecule has 0 saturated carbocycles. The van der Waals surface area contributed by atoms with Crippen molar-refractivity contribution in [3.63, 3.8) is 0 Å². The van der Waals surface area contributed by atoms with E-state index in [1.54, 1.807) is 0 Å². The lowest BCUT2D eigenvalue weighted by molar-refractivity contribution is -0.0167. The highest BCUT2D eigenvalue weighted by atomic mass is 35.5. The van der Waals surface area contributed by atoms with Crippen LogP contribution in [0.4, 0.5) is 5.69 Å². The minimum Gasteiger partial charge on any atom is -0.378 e. The molecule has 20 heavy (non-hydrogen) atoms. The average molecular weight is 300 g/mol. The number of amides is 1. The second kappa shape index (κ2) is 7.47. The van der Waals surface area contributed by atoms with Crippen LogP contribution in [0.25, 0.3) is 0 Å². The summed E-state index contributed by atoms with van der Waals surface area (Å²) in [5.41, 5.74) is 7.33. The first-order valence-corrected chi connectivity index (χ1v) is 6.50. The van der Waals surface area contributed by atoms with Gasteiger partial charge in [-0.1, -0.05) is 6.07 Å².